The van der Waals surface area contributed by atoms with Gasteiger partial charge in [-0.25, -0.2) is 0 Å². The van der Waals surface area contributed by atoms with E-state index in [4.69, 9.17) is 4.74 Å². The van der Waals surface area contributed by atoms with Crippen LogP contribution in [0, 0.1) is 0 Å². The van der Waals surface area contributed by atoms with Crippen molar-refractivity contribution in [3.05, 3.63) is 41.5 Å². The Bertz CT molecular complexity index is 581. The van der Waals surface area contributed by atoms with Crippen LogP contribution in [0.25, 0.3) is 0 Å². The van der Waals surface area contributed by atoms with Gasteiger partial charge in [-0.15, -0.1) is 0 Å². The van der Waals surface area contributed by atoms with Crippen molar-refractivity contribution in [1.29, 1.82) is 0 Å². The molecule has 3 nitrogen and oxygen atoms in total. The summed E-state index contributed by atoms with van der Waals surface area (Å²) in [6.07, 6.45) is 8.48. The van der Waals surface area contributed by atoms with Gasteiger partial charge in [0.05, 0.1) is 0 Å². The normalized spacial score (nSPS) is 16.1. The quantitative estimate of drug-likeness (QED) is 0.695. The molecule has 1 N–H and O–H groups in total. The molecule has 1 atom stereocenters. The lowest BCUT2D eigenvalue weighted by Crippen LogP contribution is -2.38. The summed E-state index contributed by atoms with van der Waals surface area (Å²) in [4.78, 5) is 12.4. The number of carbonyl (C=O) groups is 1. The van der Waals surface area contributed by atoms with Crippen molar-refractivity contribution in [2.45, 2.75) is 77.7 Å². The Kier molecular flexibility index (Phi) is 7.10. The molecular weight excluding hydrogens is 310 g/mol. The highest BCUT2D eigenvalue weighted by atomic mass is 16.5. The summed E-state index contributed by atoms with van der Waals surface area (Å²) in [5.41, 5.74) is 2.87. The van der Waals surface area contributed by atoms with Crippen LogP contribution < -0.4 is 10.1 Å². The summed E-state index contributed by atoms with van der Waals surface area (Å²) in [5, 5.41) is 3.03. The molecule has 0 aromatic heterocycles. The Balaban J connectivity index is 1.83. The molecule has 138 valence electrons. The minimum Gasteiger partial charge on any atom is -0.481 e. The lowest BCUT2D eigenvalue weighted by molar-refractivity contribution is -0.128. The molecule has 0 spiro atoms. The van der Waals surface area contributed by atoms with Crippen LogP contribution in [0.3, 0.4) is 0 Å². The van der Waals surface area contributed by atoms with E-state index in [0.717, 1.165) is 12.2 Å². The fourth-order valence-corrected chi connectivity index (χ4v) is 3.11. The molecule has 0 heterocycles. The maximum absolute atomic E-state index is 12.4. The van der Waals surface area contributed by atoms with Crippen LogP contribution in [0.4, 0.5) is 0 Å². The monoisotopic (exact) mass is 343 g/mol. The van der Waals surface area contributed by atoms with Gasteiger partial charge in [0.2, 0.25) is 0 Å². The van der Waals surface area contributed by atoms with E-state index >= 15 is 0 Å². The van der Waals surface area contributed by atoms with Crippen LogP contribution in [-0.4, -0.2) is 18.6 Å². The Morgan fingerprint density at radius 2 is 1.92 bits per heavy atom. The molecule has 25 heavy (non-hydrogen) atoms. The fraction of sp³-hybridized carbons (Fsp3) is 0.591. The van der Waals surface area contributed by atoms with Crippen molar-refractivity contribution < 1.29 is 9.53 Å². The molecule has 1 aromatic rings. The van der Waals surface area contributed by atoms with E-state index in [9.17, 15) is 4.79 Å². The van der Waals surface area contributed by atoms with Crippen molar-refractivity contribution in [2.24, 2.45) is 0 Å². The third-order valence-electron chi connectivity index (χ3n) is 4.79. The average Bonchev–Trinajstić information content (AvgIpc) is 2.60. The largest absolute Gasteiger partial charge is 0.481 e. The molecule has 0 saturated carbocycles. The van der Waals surface area contributed by atoms with Gasteiger partial charge >= 0.3 is 0 Å². The Labute approximate surface area is 152 Å². The van der Waals surface area contributed by atoms with E-state index in [2.05, 4.69) is 44.3 Å². The zero-order chi connectivity index (χ0) is 18.3. The molecule has 0 bridgehead atoms. The van der Waals surface area contributed by atoms with Crippen molar-refractivity contribution in [2.75, 3.05) is 6.54 Å². The van der Waals surface area contributed by atoms with E-state index in [-0.39, 0.29) is 11.3 Å². The maximum Gasteiger partial charge on any atom is 0.261 e. The zero-order valence-corrected chi connectivity index (χ0v) is 16.2. The van der Waals surface area contributed by atoms with Gasteiger partial charge in [0.15, 0.2) is 6.10 Å². The van der Waals surface area contributed by atoms with Gasteiger partial charge in [0, 0.05) is 6.54 Å². The molecule has 0 radical (unpaired) electrons. The molecule has 2 rings (SSSR count). The first-order valence-electron chi connectivity index (χ1n) is 9.63. The Morgan fingerprint density at radius 1 is 1.20 bits per heavy atom. The third-order valence-corrected chi connectivity index (χ3v) is 4.79. The van der Waals surface area contributed by atoms with Crippen molar-refractivity contribution >= 4 is 5.91 Å². The minimum atomic E-state index is -0.430. The molecule has 1 amide bonds. The number of benzene rings is 1. The smallest absolute Gasteiger partial charge is 0.261 e. The summed E-state index contributed by atoms with van der Waals surface area (Å²) in [6, 6.07) is 8.08. The number of nitrogens with one attached hydrogen (secondary N) is 1. The van der Waals surface area contributed by atoms with Crippen LogP contribution >= 0.6 is 0 Å². The topological polar surface area (TPSA) is 38.3 Å². The van der Waals surface area contributed by atoms with Gasteiger partial charge in [-0.1, -0.05) is 51.5 Å². The van der Waals surface area contributed by atoms with Crippen LogP contribution in [0.15, 0.2) is 35.9 Å². The first kappa shape index (κ1) is 19.6. The Hall–Kier alpha value is -1.77. The summed E-state index contributed by atoms with van der Waals surface area (Å²) < 4.78 is 5.91. The third kappa shape index (κ3) is 6.22. The fourth-order valence-electron chi connectivity index (χ4n) is 3.11. The lowest BCUT2D eigenvalue weighted by Gasteiger charge is -2.21. The number of allylic oxidation sites excluding steroid dienone is 1. The highest BCUT2D eigenvalue weighted by Gasteiger charge is 2.19. The summed E-state index contributed by atoms with van der Waals surface area (Å²) in [7, 11) is 0. The van der Waals surface area contributed by atoms with Gasteiger partial charge in [-0.2, -0.15) is 0 Å². The van der Waals surface area contributed by atoms with Gasteiger partial charge in [-0.3, -0.25) is 4.79 Å². The van der Waals surface area contributed by atoms with Crippen LogP contribution in [-0.2, 0) is 10.2 Å². The van der Waals surface area contributed by atoms with E-state index in [1.807, 2.05) is 19.1 Å². The van der Waals surface area contributed by atoms with Crippen molar-refractivity contribution in [3.8, 4) is 5.75 Å². The second-order valence-electron chi connectivity index (χ2n) is 7.94. The molecule has 0 fully saturated rings. The molecule has 0 aliphatic heterocycles. The van der Waals surface area contributed by atoms with Crippen molar-refractivity contribution in [1.82, 2.24) is 5.32 Å². The highest BCUT2D eigenvalue weighted by Crippen LogP contribution is 2.25. The number of amides is 1. The number of ether oxygens (including phenoxy) is 1. The van der Waals surface area contributed by atoms with Gasteiger partial charge in [0.25, 0.3) is 5.91 Å². The zero-order valence-electron chi connectivity index (χ0n) is 16.2. The van der Waals surface area contributed by atoms with E-state index in [1.54, 1.807) is 0 Å². The maximum atomic E-state index is 12.4. The van der Waals surface area contributed by atoms with Gasteiger partial charge in [0.1, 0.15) is 5.75 Å². The minimum absolute atomic E-state index is 0.0150. The SMILES string of the molecule is CC[C@H](Oc1ccc(C(C)(C)C)cc1)C(=O)NCCC1=CCCCC1. The molecule has 0 unspecified atom stereocenters. The predicted octanol–water partition coefficient (Wildman–Crippen LogP) is 5.15. The number of carbonyl (C=O) groups excluding carboxylic acids is 1. The molecule has 0 saturated heterocycles. The van der Waals surface area contributed by atoms with Gasteiger partial charge in [-0.05, 0) is 61.6 Å². The van der Waals surface area contributed by atoms with E-state index in [0.29, 0.717) is 13.0 Å². The second-order valence-corrected chi connectivity index (χ2v) is 7.94. The van der Waals surface area contributed by atoms with Crippen LogP contribution in [0.1, 0.15) is 71.8 Å². The van der Waals surface area contributed by atoms with Crippen LogP contribution in [0.2, 0.25) is 0 Å². The molecule has 1 aliphatic carbocycles. The summed E-state index contributed by atoms with van der Waals surface area (Å²) in [5.74, 6) is 0.740. The highest BCUT2D eigenvalue weighted by molar-refractivity contribution is 5.81. The lowest BCUT2D eigenvalue weighted by atomic mass is 9.87. The first-order chi connectivity index (χ1) is 11.9. The molecule has 1 aliphatic rings. The average molecular weight is 344 g/mol. The predicted molar refractivity (Wildman–Crippen MR) is 104 cm³/mol. The summed E-state index contributed by atoms with van der Waals surface area (Å²) in [6.45, 7) is 9.25. The first-order valence-corrected chi connectivity index (χ1v) is 9.63. The molecular formula is C22H33NO2. The van der Waals surface area contributed by atoms with Crippen molar-refractivity contribution in [3.63, 3.8) is 0 Å². The van der Waals surface area contributed by atoms with E-state index < -0.39 is 6.10 Å². The number of hydrogen-bond acceptors (Lipinski definition) is 2. The summed E-state index contributed by atoms with van der Waals surface area (Å²) >= 11 is 0. The number of hydrogen-bond donors (Lipinski definition) is 1. The van der Waals surface area contributed by atoms with Gasteiger partial charge < -0.3 is 10.1 Å². The van der Waals surface area contributed by atoms with Crippen LogP contribution in [0.5, 0.6) is 5.75 Å². The molecule has 3 heteroatoms. The standard InChI is InChI=1S/C22H33NO2/c1-5-20(21(24)23-16-15-17-9-7-6-8-10-17)25-19-13-11-18(12-14-19)22(2,3)4/h9,11-14,20H,5-8,10,15-16H2,1-4H3,(H,23,24)/t20-/m0/s1. The number of rotatable bonds is 7. The Morgan fingerprint density at radius 3 is 2.48 bits per heavy atom. The second kappa shape index (κ2) is 9.07. The molecule has 1 aromatic carbocycles. The van der Waals surface area contributed by atoms with E-state index in [1.165, 1.54) is 36.8 Å².